The van der Waals surface area contributed by atoms with Crippen molar-refractivity contribution in [2.75, 3.05) is 0 Å². The van der Waals surface area contributed by atoms with Crippen molar-refractivity contribution in [3.05, 3.63) is 24.3 Å². The largest absolute Gasteiger partial charge is 0.481 e. The van der Waals surface area contributed by atoms with Gasteiger partial charge in [0.25, 0.3) is 5.97 Å². The molecule has 1 aliphatic rings. The number of rotatable bonds is 4. The number of hydrogen-bond acceptors (Lipinski definition) is 2. The van der Waals surface area contributed by atoms with Gasteiger partial charge in [-0.2, -0.15) is 0 Å². The third-order valence-corrected chi connectivity index (χ3v) is 2.67. The maximum atomic E-state index is 9.85. The van der Waals surface area contributed by atoms with Crippen LogP contribution in [0.2, 0.25) is 0 Å². The minimum Gasteiger partial charge on any atom is -0.481 e. The second-order valence-corrected chi connectivity index (χ2v) is 5.09. The fourth-order valence-corrected chi connectivity index (χ4v) is 1.76. The van der Waals surface area contributed by atoms with Crippen LogP contribution in [0.1, 0.15) is 46.5 Å². The molecule has 18 heavy (non-hydrogen) atoms. The van der Waals surface area contributed by atoms with Crippen LogP contribution in [0.5, 0.6) is 0 Å². The lowest BCUT2D eigenvalue weighted by molar-refractivity contribution is -0.134. The van der Waals surface area contributed by atoms with Gasteiger partial charge in [0.2, 0.25) is 0 Å². The van der Waals surface area contributed by atoms with Crippen LogP contribution in [0.3, 0.4) is 0 Å². The highest BCUT2D eigenvalue weighted by Gasteiger charge is 2.14. The van der Waals surface area contributed by atoms with Crippen LogP contribution >= 0.6 is 0 Å². The number of aliphatic carboxylic acids is 1. The van der Waals surface area contributed by atoms with Crippen LogP contribution in [0.4, 0.5) is 0 Å². The second-order valence-electron chi connectivity index (χ2n) is 5.09. The van der Waals surface area contributed by atoms with Gasteiger partial charge in [-0.05, 0) is 31.6 Å². The fourth-order valence-electron chi connectivity index (χ4n) is 1.76. The molecule has 104 valence electrons. The molecule has 0 aromatic rings. The SMILES string of the molecule is CC(=O)O.CC(C)CC=CC(O)C1C=CCCC1. The minimum absolute atomic E-state index is 0.273. The van der Waals surface area contributed by atoms with Gasteiger partial charge in [-0.1, -0.05) is 38.2 Å². The standard InChI is InChI=1S/C13H22O.C2H4O2/c1-11(2)7-6-10-13(14)12-8-4-3-5-9-12;1-2(3)4/h4,6,8,10-14H,3,5,7,9H2,1-2H3;1H3,(H,3,4). The number of allylic oxidation sites excluding steroid dienone is 2. The Morgan fingerprint density at radius 1 is 1.50 bits per heavy atom. The van der Waals surface area contributed by atoms with Crippen molar-refractivity contribution in [2.45, 2.75) is 52.6 Å². The van der Waals surface area contributed by atoms with Crippen LogP contribution in [-0.4, -0.2) is 22.3 Å². The van der Waals surface area contributed by atoms with E-state index >= 15 is 0 Å². The average molecular weight is 254 g/mol. The summed E-state index contributed by atoms with van der Waals surface area (Å²) in [5.41, 5.74) is 0. The van der Waals surface area contributed by atoms with Crippen molar-refractivity contribution in [3.8, 4) is 0 Å². The quantitative estimate of drug-likeness (QED) is 0.756. The van der Waals surface area contributed by atoms with E-state index in [1.165, 1.54) is 12.8 Å². The van der Waals surface area contributed by atoms with Gasteiger partial charge in [0.1, 0.15) is 0 Å². The summed E-state index contributed by atoms with van der Waals surface area (Å²) in [6, 6.07) is 0. The van der Waals surface area contributed by atoms with E-state index in [2.05, 4.69) is 32.1 Å². The summed E-state index contributed by atoms with van der Waals surface area (Å²) in [5.74, 6) is 0.201. The molecule has 2 atom stereocenters. The highest BCUT2D eigenvalue weighted by Crippen LogP contribution is 2.21. The highest BCUT2D eigenvalue weighted by atomic mass is 16.4. The molecular formula is C15H26O3. The van der Waals surface area contributed by atoms with E-state index in [0.717, 1.165) is 19.8 Å². The fraction of sp³-hybridized carbons (Fsp3) is 0.667. The van der Waals surface area contributed by atoms with Gasteiger partial charge in [-0.25, -0.2) is 0 Å². The number of carboxylic acids is 1. The monoisotopic (exact) mass is 254 g/mol. The lowest BCUT2D eigenvalue weighted by Gasteiger charge is -2.19. The summed E-state index contributed by atoms with van der Waals surface area (Å²) < 4.78 is 0. The van der Waals surface area contributed by atoms with Crippen molar-refractivity contribution in [1.82, 2.24) is 0 Å². The first-order chi connectivity index (χ1) is 8.43. The molecule has 1 rings (SSSR count). The molecule has 0 amide bonds. The average Bonchev–Trinajstić information content (AvgIpc) is 2.29. The zero-order valence-electron chi connectivity index (χ0n) is 11.7. The summed E-state index contributed by atoms with van der Waals surface area (Å²) in [6.45, 7) is 5.47. The summed E-state index contributed by atoms with van der Waals surface area (Å²) in [6.07, 6.45) is 12.7. The molecule has 3 nitrogen and oxygen atoms in total. The lowest BCUT2D eigenvalue weighted by Crippen LogP contribution is -2.17. The van der Waals surface area contributed by atoms with Crippen molar-refractivity contribution >= 4 is 5.97 Å². The van der Waals surface area contributed by atoms with Gasteiger partial charge in [-0.15, -0.1) is 0 Å². The minimum atomic E-state index is -0.833. The summed E-state index contributed by atoms with van der Waals surface area (Å²) in [4.78, 5) is 9.00. The van der Waals surface area contributed by atoms with Gasteiger partial charge in [0, 0.05) is 12.8 Å². The number of carbonyl (C=O) groups is 1. The molecule has 0 aromatic carbocycles. The van der Waals surface area contributed by atoms with Crippen molar-refractivity contribution in [1.29, 1.82) is 0 Å². The third-order valence-electron chi connectivity index (χ3n) is 2.67. The Hall–Kier alpha value is -1.09. The zero-order chi connectivity index (χ0) is 14.0. The zero-order valence-corrected chi connectivity index (χ0v) is 11.7. The number of hydrogen-bond donors (Lipinski definition) is 2. The molecule has 1 aliphatic carbocycles. The Morgan fingerprint density at radius 3 is 2.56 bits per heavy atom. The Balaban J connectivity index is 0.000000631. The van der Waals surface area contributed by atoms with Crippen LogP contribution in [-0.2, 0) is 4.79 Å². The molecule has 0 radical (unpaired) electrons. The highest BCUT2D eigenvalue weighted by molar-refractivity contribution is 5.62. The maximum Gasteiger partial charge on any atom is 0.300 e. The summed E-state index contributed by atoms with van der Waals surface area (Å²) >= 11 is 0. The van der Waals surface area contributed by atoms with E-state index in [9.17, 15) is 5.11 Å². The van der Waals surface area contributed by atoms with Crippen molar-refractivity contribution in [3.63, 3.8) is 0 Å². The van der Waals surface area contributed by atoms with Gasteiger partial charge < -0.3 is 10.2 Å². The molecule has 0 aromatic heterocycles. The van der Waals surface area contributed by atoms with Crippen LogP contribution in [0, 0.1) is 11.8 Å². The van der Waals surface area contributed by atoms with E-state index in [-0.39, 0.29) is 6.10 Å². The van der Waals surface area contributed by atoms with Crippen LogP contribution in [0.25, 0.3) is 0 Å². The Labute approximate surface area is 110 Å². The maximum absolute atomic E-state index is 9.85. The van der Waals surface area contributed by atoms with E-state index in [1.54, 1.807) is 0 Å². The Morgan fingerprint density at radius 2 is 2.11 bits per heavy atom. The first-order valence-corrected chi connectivity index (χ1v) is 6.64. The topological polar surface area (TPSA) is 57.5 Å². The first-order valence-electron chi connectivity index (χ1n) is 6.64. The molecule has 3 heteroatoms. The molecule has 0 aliphatic heterocycles. The van der Waals surface area contributed by atoms with Crippen molar-refractivity contribution in [2.24, 2.45) is 11.8 Å². The first kappa shape index (κ1) is 16.9. The summed E-state index contributed by atoms with van der Waals surface area (Å²) in [7, 11) is 0. The lowest BCUT2D eigenvalue weighted by atomic mass is 9.90. The molecule has 0 fully saturated rings. The number of aliphatic hydroxyl groups is 1. The van der Waals surface area contributed by atoms with Gasteiger partial charge in [-0.3, -0.25) is 4.79 Å². The van der Waals surface area contributed by atoms with Gasteiger partial charge in [0.05, 0.1) is 6.10 Å². The van der Waals surface area contributed by atoms with E-state index in [4.69, 9.17) is 9.90 Å². The molecule has 0 bridgehead atoms. The van der Waals surface area contributed by atoms with E-state index < -0.39 is 5.97 Å². The number of carboxylic acid groups (broad SMARTS) is 1. The normalized spacial score (nSPS) is 20.6. The van der Waals surface area contributed by atoms with Crippen LogP contribution < -0.4 is 0 Å². The molecule has 0 heterocycles. The molecule has 0 saturated carbocycles. The molecule has 0 saturated heterocycles. The molecule has 2 unspecified atom stereocenters. The van der Waals surface area contributed by atoms with Crippen molar-refractivity contribution < 1.29 is 15.0 Å². The number of aliphatic hydroxyl groups excluding tert-OH is 1. The predicted octanol–water partition coefficient (Wildman–Crippen LogP) is 3.40. The van der Waals surface area contributed by atoms with E-state index in [1.807, 2.05) is 6.08 Å². The second kappa shape index (κ2) is 9.89. The predicted molar refractivity (Wildman–Crippen MR) is 74.4 cm³/mol. The Kier molecular flexibility index (Phi) is 9.29. The Bertz CT molecular complexity index is 275. The van der Waals surface area contributed by atoms with Gasteiger partial charge >= 0.3 is 0 Å². The third kappa shape index (κ3) is 10.1. The summed E-state index contributed by atoms with van der Waals surface area (Å²) in [5, 5.41) is 17.3. The van der Waals surface area contributed by atoms with Gasteiger partial charge in [0.15, 0.2) is 0 Å². The smallest absolute Gasteiger partial charge is 0.300 e. The van der Waals surface area contributed by atoms with E-state index in [0.29, 0.717) is 11.8 Å². The molecule has 2 N–H and O–H groups in total. The van der Waals surface area contributed by atoms with Crippen LogP contribution in [0.15, 0.2) is 24.3 Å². The molecule has 0 spiro atoms. The molecular weight excluding hydrogens is 228 g/mol.